The fraction of sp³-hybridized carbons (Fsp3) is 0.317. The van der Waals surface area contributed by atoms with Gasteiger partial charge in [-0.3, -0.25) is 47.9 Å². The molecule has 27 heteroatoms. The van der Waals surface area contributed by atoms with E-state index in [1.807, 2.05) is 78.9 Å². The third-order valence-electron chi connectivity index (χ3n) is 14.9. The summed E-state index contributed by atoms with van der Waals surface area (Å²) in [6.07, 6.45) is -5.20. The highest BCUT2D eigenvalue weighted by molar-refractivity contribution is 8.07. The van der Waals surface area contributed by atoms with Crippen molar-refractivity contribution >= 4 is 65.1 Å². The van der Waals surface area contributed by atoms with E-state index < -0.39 is 109 Å². The van der Waals surface area contributed by atoms with E-state index in [2.05, 4.69) is 35.9 Å². The average molecular weight is 1270 g/mol. The Morgan fingerprint density at radius 2 is 1.34 bits per heavy atom. The van der Waals surface area contributed by atoms with Crippen LogP contribution in [0.1, 0.15) is 84.8 Å². The molecule has 8 aromatic rings. The second kappa shape index (κ2) is 28.8. The Morgan fingerprint density at radius 3 is 1.94 bits per heavy atom. The number of nitrogens with one attached hydrogen (secondary N) is 4. The Labute approximate surface area is 520 Å². The van der Waals surface area contributed by atoms with Crippen molar-refractivity contribution in [2.24, 2.45) is 5.92 Å². The van der Waals surface area contributed by atoms with Crippen LogP contribution in [0.5, 0.6) is 11.5 Å². The summed E-state index contributed by atoms with van der Waals surface area (Å²) in [5, 5.41) is 7.82. The van der Waals surface area contributed by atoms with E-state index >= 15 is 0 Å². The van der Waals surface area contributed by atoms with Crippen molar-refractivity contribution in [3.8, 4) is 11.5 Å². The number of hydrogen-bond acceptors (Lipinski definition) is 19. The summed E-state index contributed by atoms with van der Waals surface area (Å²) < 4.78 is 75.0. The number of hydrogen-bond donors (Lipinski definition) is 4. The van der Waals surface area contributed by atoms with Gasteiger partial charge >= 0.3 is 18.4 Å². The lowest BCUT2D eigenvalue weighted by molar-refractivity contribution is -0.150. The van der Waals surface area contributed by atoms with E-state index in [1.165, 1.54) is 34.6 Å². The Bertz CT molecular complexity index is 3930. The highest BCUT2D eigenvalue weighted by Crippen LogP contribution is 2.57. The number of H-pyrrole nitrogens is 1. The maximum atomic E-state index is 14.2. The summed E-state index contributed by atoms with van der Waals surface area (Å²) in [4.78, 5) is 94.3. The van der Waals surface area contributed by atoms with E-state index in [9.17, 15) is 33.2 Å². The number of aromatic nitrogens is 6. The van der Waals surface area contributed by atoms with Crippen LogP contribution in [0.15, 0.2) is 168 Å². The van der Waals surface area contributed by atoms with Crippen LogP contribution in [0.3, 0.4) is 0 Å². The van der Waals surface area contributed by atoms with Crippen LogP contribution in [-0.2, 0) is 64.3 Å². The van der Waals surface area contributed by atoms with Crippen molar-refractivity contribution in [2.45, 2.75) is 82.2 Å². The molecule has 5 aromatic carbocycles. The number of methoxy groups -OCH3 is 2. The van der Waals surface area contributed by atoms with Crippen LogP contribution in [0.2, 0.25) is 0 Å². The van der Waals surface area contributed by atoms with Crippen molar-refractivity contribution in [2.75, 3.05) is 51.3 Å². The van der Waals surface area contributed by atoms with E-state index in [0.717, 1.165) is 0 Å². The van der Waals surface area contributed by atoms with Crippen LogP contribution >= 0.6 is 6.72 Å². The van der Waals surface area contributed by atoms with Crippen molar-refractivity contribution in [1.82, 2.24) is 34.4 Å². The normalized spacial score (nSPS) is 19.2. The summed E-state index contributed by atoms with van der Waals surface area (Å²) in [6.45, 7) is -2.21. The first-order chi connectivity index (χ1) is 43.5. The zero-order valence-electron chi connectivity index (χ0n) is 49.5. The smallest absolute Gasteiger partial charge is 0.351 e. The standard InChI is InChI=1S/C63H65FN9O15PS/c1-38(2)58(76)70-61-69-57-56(60(78)71-61)66-37-73(57)55-31-47(84-39(3)74)51(86-55)36-83-89(90,88-49(34-65-53(75)33-64)40-15-9-6-10-16-40)87-48-32-54(72-30-29-52(68-62(72)79)67-59(77)41-17-11-7-12-18-41)85-50(48)35-82-63(42-19-13-8-14-20-42,43-21-25-45(80-4)26-22-43)44-23-27-46(81-5)28-24-44/h6-30,37-38,47-51,54-55H,31-36H2,1-5H3,(H,65,75)(H,67,68,77,79)(H2,69,70,71,76,78)/t47-,48-,49+,50+,51+,54+,55+,89?/m0/s1. The molecular weight excluding hydrogens is 1200 g/mol. The monoisotopic (exact) mass is 1270 g/mol. The van der Waals surface area contributed by atoms with Gasteiger partial charge in [0.25, 0.3) is 17.4 Å². The number of anilines is 2. The predicted molar refractivity (Wildman–Crippen MR) is 330 cm³/mol. The summed E-state index contributed by atoms with van der Waals surface area (Å²) >= 11 is 6.46. The van der Waals surface area contributed by atoms with Gasteiger partial charge in [0.05, 0.1) is 39.9 Å². The van der Waals surface area contributed by atoms with Crippen LogP contribution in [0, 0.1) is 5.92 Å². The number of fused-ring (bicyclic) bond motifs is 1. The second-order valence-electron chi connectivity index (χ2n) is 21.2. The lowest BCUT2D eigenvalue weighted by Gasteiger charge is -2.37. The first kappa shape index (κ1) is 64.1. The maximum Gasteiger partial charge on any atom is 0.351 e. The van der Waals surface area contributed by atoms with Gasteiger partial charge in [0.2, 0.25) is 11.9 Å². The van der Waals surface area contributed by atoms with Crippen LogP contribution in [0.25, 0.3) is 11.2 Å². The van der Waals surface area contributed by atoms with Gasteiger partial charge in [-0.15, -0.1) is 0 Å². The van der Waals surface area contributed by atoms with Gasteiger partial charge in [-0.2, -0.15) is 9.97 Å². The zero-order chi connectivity index (χ0) is 63.5. The fourth-order valence-corrected chi connectivity index (χ4v) is 12.8. The summed E-state index contributed by atoms with van der Waals surface area (Å²) in [5.41, 5.74) is 0.0255. The highest BCUT2D eigenvalue weighted by Gasteiger charge is 2.47. The minimum atomic E-state index is -4.37. The molecule has 90 heavy (non-hydrogen) atoms. The molecule has 0 radical (unpaired) electrons. The third kappa shape index (κ3) is 14.9. The lowest BCUT2D eigenvalue weighted by atomic mass is 9.80. The number of benzene rings is 5. The maximum absolute atomic E-state index is 14.2. The number of esters is 1. The van der Waals surface area contributed by atoms with E-state index in [1.54, 1.807) is 88.7 Å². The first-order valence-electron chi connectivity index (χ1n) is 28.6. The average Bonchev–Trinajstić information content (AvgIpc) is 1.02. The Balaban J connectivity index is 1.04. The minimum Gasteiger partial charge on any atom is -0.497 e. The Hall–Kier alpha value is -8.85. The van der Waals surface area contributed by atoms with Gasteiger partial charge in [0.15, 0.2) is 17.8 Å². The summed E-state index contributed by atoms with van der Waals surface area (Å²) in [5.74, 6) is -1.93. The Morgan fingerprint density at radius 1 is 0.756 bits per heavy atom. The molecule has 2 aliphatic heterocycles. The van der Waals surface area contributed by atoms with Gasteiger partial charge in [-0.1, -0.05) is 117 Å². The summed E-state index contributed by atoms with van der Waals surface area (Å²) in [7, 11) is 3.13. The number of imidazole rings is 1. The van der Waals surface area contributed by atoms with Crippen molar-refractivity contribution in [3.05, 3.63) is 207 Å². The molecule has 3 amide bonds. The number of aromatic amines is 1. The van der Waals surface area contributed by atoms with Gasteiger partial charge in [0.1, 0.15) is 59.8 Å². The number of amides is 3. The number of ether oxygens (including phenoxy) is 6. The first-order valence-corrected chi connectivity index (χ1v) is 31.2. The molecule has 5 heterocycles. The molecule has 3 aromatic heterocycles. The molecule has 0 spiro atoms. The molecule has 0 bridgehead atoms. The van der Waals surface area contributed by atoms with Gasteiger partial charge in [-0.05, 0) is 76.5 Å². The van der Waals surface area contributed by atoms with Crippen molar-refractivity contribution in [3.63, 3.8) is 0 Å². The van der Waals surface area contributed by atoms with E-state index in [-0.39, 0.29) is 48.9 Å². The molecule has 8 atom stereocenters. The number of carbonyl (C=O) groups excluding carboxylic acids is 4. The number of alkyl halides is 1. The second-order valence-corrected chi connectivity index (χ2v) is 24.1. The topological polar surface area (TPSA) is 286 Å². The predicted octanol–water partition coefficient (Wildman–Crippen LogP) is 8.23. The van der Waals surface area contributed by atoms with Crippen LogP contribution in [0.4, 0.5) is 16.2 Å². The molecule has 0 saturated carbocycles. The number of rotatable bonds is 26. The minimum absolute atomic E-state index is 0.0195. The molecule has 2 saturated heterocycles. The highest BCUT2D eigenvalue weighted by atomic mass is 32.5. The molecule has 2 fully saturated rings. The van der Waals surface area contributed by atoms with E-state index in [0.29, 0.717) is 39.3 Å². The van der Waals surface area contributed by atoms with Gasteiger partial charge < -0.3 is 48.1 Å². The van der Waals surface area contributed by atoms with Crippen molar-refractivity contribution in [1.29, 1.82) is 0 Å². The third-order valence-corrected chi connectivity index (χ3v) is 17.3. The number of halogens is 1. The molecule has 4 N–H and O–H groups in total. The number of nitrogens with zero attached hydrogens (tertiary/aromatic N) is 5. The quantitative estimate of drug-likeness (QED) is 0.0225. The molecule has 0 aliphatic carbocycles. The summed E-state index contributed by atoms with van der Waals surface area (Å²) in [6, 6.07) is 42.8. The molecule has 470 valence electrons. The molecule has 24 nitrogen and oxygen atoms in total. The van der Waals surface area contributed by atoms with E-state index in [4.69, 9.17) is 53.8 Å². The molecular formula is C63H65FN9O15PS. The Kier molecular flexibility index (Phi) is 20.5. The van der Waals surface area contributed by atoms with Crippen molar-refractivity contribution < 1.29 is 65.6 Å². The zero-order valence-corrected chi connectivity index (χ0v) is 51.2. The molecule has 2 aliphatic rings. The lowest BCUT2D eigenvalue weighted by Crippen LogP contribution is -2.38. The van der Waals surface area contributed by atoms with Gasteiger partial charge in [-0.25, -0.2) is 14.2 Å². The fourth-order valence-electron chi connectivity index (χ4n) is 10.4. The largest absolute Gasteiger partial charge is 0.497 e. The molecule has 10 rings (SSSR count). The number of carbonyl (C=O) groups is 4. The van der Waals surface area contributed by atoms with Gasteiger partial charge in [0, 0.05) is 44.0 Å². The molecule has 1 unspecified atom stereocenters. The van der Waals surface area contributed by atoms with Crippen LogP contribution in [-0.4, -0.2) is 118 Å². The van der Waals surface area contributed by atoms with Crippen LogP contribution < -0.4 is 36.7 Å². The SMILES string of the molecule is COc1ccc(C(OC[C@H]2O[C@@H](n3ccc(NC(=O)c4ccccc4)nc3=O)C[C@@H]2OP(=S)(OC[C@H]2O[C@@H](n3cnc4c(=O)[nH]c(NC(=O)C(C)C)nc43)C[C@@H]2OC(C)=O)O[C@H](CNC(=O)CF)c2ccccc2)(c2ccccc2)c2ccc(OC)cc2)cc1.